The highest BCUT2D eigenvalue weighted by molar-refractivity contribution is 6.64. The number of nitrogens with one attached hydrogen (secondary N) is 1. The first-order chi connectivity index (χ1) is 12.9. The van der Waals surface area contributed by atoms with Crippen molar-refractivity contribution in [2.75, 3.05) is 5.32 Å². The van der Waals surface area contributed by atoms with Gasteiger partial charge in [-0.05, 0) is 44.9 Å². The Morgan fingerprint density at radius 1 is 0.893 bits per heavy atom. The summed E-state index contributed by atoms with van der Waals surface area (Å²) >= 11 is 0. The molecular formula is C23H30BNO3. The van der Waals surface area contributed by atoms with E-state index in [2.05, 4.69) is 17.4 Å². The summed E-state index contributed by atoms with van der Waals surface area (Å²) in [5.74, 6) is -0.0459. The first kappa shape index (κ1) is 20.6. The number of hydrogen-bond donors (Lipinski definition) is 1. The summed E-state index contributed by atoms with van der Waals surface area (Å²) < 4.78 is 12.5. The lowest BCUT2D eigenvalue weighted by Crippen LogP contribution is -2.41. The molecule has 0 spiro atoms. The molecule has 28 heavy (non-hydrogen) atoms. The van der Waals surface area contributed by atoms with Gasteiger partial charge in [0.05, 0.1) is 11.2 Å². The second kappa shape index (κ2) is 7.05. The summed E-state index contributed by atoms with van der Waals surface area (Å²) in [6.07, 6.45) is 0. The third-order valence-electron chi connectivity index (χ3n) is 5.60. The highest BCUT2D eigenvalue weighted by atomic mass is 16.7. The maximum Gasteiger partial charge on any atom is 0.496 e. The van der Waals surface area contributed by atoms with Crippen molar-refractivity contribution in [3.63, 3.8) is 0 Å². The third-order valence-corrected chi connectivity index (χ3v) is 5.60. The predicted molar refractivity (Wildman–Crippen MR) is 116 cm³/mol. The first-order valence-electron chi connectivity index (χ1n) is 9.77. The van der Waals surface area contributed by atoms with Crippen LogP contribution in [-0.2, 0) is 14.1 Å². The molecule has 0 unspecified atom stereocenters. The Hall–Kier alpha value is -2.11. The summed E-state index contributed by atoms with van der Waals surface area (Å²) in [6, 6.07) is 16.1. The van der Waals surface area contributed by atoms with E-state index in [-0.39, 0.29) is 5.91 Å². The molecular weight excluding hydrogens is 349 g/mol. The van der Waals surface area contributed by atoms with Gasteiger partial charge in [-0.2, -0.15) is 0 Å². The lowest BCUT2D eigenvalue weighted by molar-refractivity contribution is -0.123. The minimum absolute atomic E-state index is 0.0459. The molecule has 1 amide bonds. The van der Waals surface area contributed by atoms with E-state index < -0.39 is 23.7 Å². The fourth-order valence-electron chi connectivity index (χ4n) is 2.96. The lowest BCUT2D eigenvalue weighted by atomic mass is 9.76. The quantitative estimate of drug-likeness (QED) is 0.791. The van der Waals surface area contributed by atoms with Crippen LogP contribution in [0.15, 0.2) is 48.5 Å². The lowest BCUT2D eigenvalue weighted by Gasteiger charge is -2.32. The number of carbonyl (C=O) groups is 1. The van der Waals surface area contributed by atoms with Gasteiger partial charge < -0.3 is 14.6 Å². The van der Waals surface area contributed by atoms with E-state index >= 15 is 0 Å². The summed E-state index contributed by atoms with van der Waals surface area (Å²) in [6.45, 7) is 13.8. The van der Waals surface area contributed by atoms with Crippen LogP contribution in [0.4, 0.5) is 5.69 Å². The largest absolute Gasteiger partial charge is 0.496 e. The topological polar surface area (TPSA) is 47.6 Å². The van der Waals surface area contributed by atoms with Gasteiger partial charge in [0.25, 0.3) is 0 Å². The number of benzene rings is 2. The molecule has 5 heteroatoms. The number of carbonyl (C=O) groups excluding carboxylic acids is 1. The second-order valence-electron chi connectivity index (χ2n) is 9.46. The van der Waals surface area contributed by atoms with Crippen molar-refractivity contribution >= 4 is 24.2 Å². The van der Waals surface area contributed by atoms with Crippen molar-refractivity contribution in [3.05, 3.63) is 48.5 Å². The molecule has 3 rings (SSSR count). The van der Waals surface area contributed by atoms with Crippen LogP contribution in [-0.4, -0.2) is 24.2 Å². The van der Waals surface area contributed by atoms with Crippen LogP contribution in [0.5, 0.6) is 0 Å². The van der Waals surface area contributed by atoms with Crippen LogP contribution in [0.25, 0.3) is 11.1 Å². The van der Waals surface area contributed by atoms with E-state index in [1.165, 1.54) is 0 Å². The molecule has 0 bridgehead atoms. The minimum Gasteiger partial charge on any atom is -0.399 e. The highest BCUT2D eigenvalue weighted by Crippen LogP contribution is 2.37. The van der Waals surface area contributed by atoms with Gasteiger partial charge in [-0.25, -0.2) is 0 Å². The zero-order valence-corrected chi connectivity index (χ0v) is 17.9. The molecule has 0 radical (unpaired) electrons. The smallest absolute Gasteiger partial charge is 0.399 e. The molecule has 1 fully saturated rings. The standard InChI is InChI=1S/C23H30BNO3/c1-21(2,3)20(26)25-19-15-17(16-11-9-8-10-12-16)13-14-18(19)24-27-22(4,5)23(6,7)28-24/h8-15H,1-7H3,(H,25,26). The molecule has 2 aromatic carbocycles. The van der Waals surface area contributed by atoms with Crippen LogP contribution in [0.1, 0.15) is 48.5 Å². The Bertz CT molecular complexity index is 853. The summed E-state index contributed by atoms with van der Waals surface area (Å²) in [4.78, 5) is 12.7. The SMILES string of the molecule is CC(C)(C)C(=O)Nc1cc(-c2ccccc2)ccc1B1OC(C)(C)C(C)(C)O1. The van der Waals surface area contributed by atoms with E-state index in [1.54, 1.807) is 0 Å². The van der Waals surface area contributed by atoms with E-state index in [4.69, 9.17) is 9.31 Å². The molecule has 0 aliphatic carbocycles. The van der Waals surface area contributed by atoms with Gasteiger partial charge in [0.2, 0.25) is 5.91 Å². The Labute approximate surface area is 168 Å². The molecule has 1 N–H and O–H groups in total. The predicted octanol–water partition coefficient (Wildman–Crippen LogP) is 4.64. The first-order valence-corrected chi connectivity index (χ1v) is 9.77. The van der Waals surface area contributed by atoms with Crippen molar-refractivity contribution in [2.45, 2.75) is 59.7 Å². The fourth-order valence-corrected chi connectivity index (χ4v) is 2.96. The molecule has 0 saturated carbocycles. The summed E-state index contributed by atoms with van der Waals surface area (Å²) in [5, 5.41) is 3.09. The highest BCUT2D eigenvalue weighted by Gasteiger charge is 2.52. The second-order valence-corrected chi connectivity index (χ2v) is 9.46. The van der Waals surface area contributed by atoms with E-state index in [1.807, 2.05) is 84.9 Å². The zero-order chi connectivity index (χ0) is 20.7. The molecule has 1 saturated heterocycles. The van der Waals surface area contributed by atoms with Gasteiger partial charge in [0, 0.05) is 16.6 Å². The van der Waals surface area contributed by atoms with Crippen molar-refractivity contribution < 1.29 is 14.1 Å². The van der Waals surface area contributed by atoms with Crippen LogP contribution in [0.3, 0.4) is 0 Å². The molecule has 1 aliphatic heterocycles. The van der Waals surface area contributed by atoms with Gasteiger partial charge in [-0.15, -0.1) is 0 Å². The van der Waals surface area contributed by atoms with Crippen LogP contribution < -0.4 is 10.8 Å². The van der Waals surface area contributed by atoms with Gasteiger partial charge in [-0.1, -0.05) is 63.2 Å². The number of anilines is 1. The van der Waals surface area contributed by atoms with Gasteiger partial charge in [-0.3, -0.25) is 4.79 Å². The maximum atomic E-state index is 12.7. The normalized spacial score (nSPS) is 18.2. The van der Waals surface area contributed by atoms with E-state index in [0.717, 1.165) is 22.3 Å². The monoisotopic (exact) mass is 379 g/mol. The van der Waals surface area contributed by atoms with Crippen LogP contribution in [0.2, 0.25) is 0 Å². The Morgan fingerprint density at radius 2 is 1.46 bits per heavy atom. The maximum absolute atomic E-state index is 12.7. The fraction of sp³-hybridized carbons (Fsp3) is 0.435. The molecule has 1 aliphatic rings. The van der Waals surface area contributed by atoms with Crippen LogP contribution >= 0.6 is 0 Å². The zero-order valence-electron chi connectivity index (χ0n) is 17.9. The minimum atomic E-state index is -0.537. The Morgan fingerprint density at radius 3 is 2.00 bits per heavy atom. The van der Waals surface area contributed by atoms with Crippen molar-refractivity contribution in [3.8, 4) is 11.1 Å². The molecule has 1 heterocycles. The Balaban J connectivity index is 2.03. The van der Waals surface area contributed by atoms with Crippen molar-refractivity contribution in [2.24, 2.45) is 5.41 Å². The third kappa shape index (κ3) is 4.01. The van der Waals surface area contributed by atoms with Gasteiger partial charge in [0.1, 0.15) is 0 Å². The number of amides is 1. The molecule has 0 aromatic heterocycles. The average Bonchev–Trinajstić information content (AvgIpc) is 2.82. The van der Waals surface area contributed by atoms with Gasteiger partial charge in [0.15, 0.2) is 0 Å². The number of rotatable bonds is 3. The molecule has 4 nitrogen and oxygen atoms in total. The van der Waals surface area contributed by atoms with E-state index in [0.29, 0.717) is 0 Å². The number of hydrogen-bond acceptors (Lipinski definition) is 3. The van der Waals surface area contributed by atoms with E-state index in [9.17, 15) is 4.79 Å². The Kier molecular flexibility index (Phi) is 5.19. The summed E-state index contributed by atoms with van der Waals surface area (Å²) in [7, 11) is -0.537. The molecule has 0 atom stereocenters. The van der Waals surface area contributed by atoms with Crippen molar-refractivity contribution in [1.82, 2.24) is 0 Å². The van der Waals surface area contributed by atoms with Crippen LogP contribution in [0, 0.1) is 5.41 Å². The van der Waals surface area contributed by atoms with Crippen molar-refractivity contribution in [1.29, 1.82) is 0 Å². The molecule has 2 aromatic rings. The van der Waals surface area contributed by atoms with Gasteiger partial charge >= 0.3 is 7.12 Å². The molecule has 148 valence electrons. The summed E-state index contributed by atoms with van der Waals surface area (Å²) in [5.41, 5.74) is 2.29. The average molecular weight is 379 g/mol.